The fourth-order valence-electron chi connectivity index (χ4n) is 2.92. The average Bonchev–Trinajstić information content (AvgIpc) is 2.93. The van der Waals surface area contributed by atoms with Crippen molar-refractivity contribution < 1.29 is 4.74 Å². The Hall–Kier alpha value is -1.18. The molecule has 114 valence electrons. The smallest absolute Gasteiger partial charge is 0.174 e. The van der Waals surface area contributed by atoms with E-state index in [0.717, 1.165) is 11.0 Å². The van der Waals surface area contributed by atoms with E-state index in [1.165, 1.54) is 30.6 Å². The quantitative estimate of drug-likeness (QED) is 0.829. The lowest BCUT2D eigenvalue weighted by molar-refractivity contribution is 0.368. The van der Waals surface area contributed by atoms with Crippen LogP contribution in [0.1, 0.15) is 44.7 Å². The number of thioether (sulfide) groups is 1. The van der Waals surface area contributed by atoms with Gasteiger partial charge in [0.25, 0.3) is 0 Å². The molecule has 0 saturated heterocycles. The van der Waals surface area contributed by atoms with E-state index in [-0.39, 0.29) is 6.61 Å². The van der Waals surface area contributed by atoms with Crippen molar-refractivity contribution in [3.8, 4) is 11.8 Å². The molecule has 1 aromatic carbocycles. The molecule has 0 spiro atoms. The Bertz CT molecular complexity index is 469. The molecule has 0 aliphatic heterocycles. The van der Waals surface area contributed by atoms with Crippen LogP contribution < -0.4 is 10.1 Å². The van der Waals surface area contributed by atoms with Gasteiger partial charge in [0.1, 0.15) is 11.8 Å². The number of hydrogen-bond donors (Lipinski definition) is 1. The Balaban J connectivity index is 1.90. The van der Waals surface area contributed by atoms with Crippen LogP contribution in [0.3, 0.4) is 0 Å². The largest absolute Gasteiger partial charge is 0.479 e. The zero-order valence-corrected chi connectivity index (χ0v) is 13.7. The van der Waals surface area contributed by atoms with Crippen LogP contribution in [-0.4, -0.2) is 23.7 Å². The molecule has 0 radical (unpaired) electrons. The first-order valence-electron chi connectivity index (χ1n) is 7.72. The Morgan fingerprint density at radius 2 is 2.14 bits per heavy atom. The molecule has 3 atom stereocenters. The molecule has 1 saturated carbocycles. The van der Waals surface area contributed by atoms with Crippen LogP contribution in [0.15, 0.2) is 24.3 Å². The molecule has 0 heterocycles. The second kappa shape index (κ2) is 8.31. The molecule has 2 rings (SSSR count). The first-order chi connectivity index (χ1) is 10.2. The van der Waals surface area contributed by atoms with Crippen molar-refractivity contribution in [2.75, 3.05) is 12.4 Å². The molecule has 0 aromatic heterocycles. The maximum atomic E-state index is 8.51. The lowest BCUT2D eigenvalue weighted by atomic mass is 10.1. The number of benzene rings is 1. The monoisotopic (exact) mass is 304 g/mol. The van der Waals surface area contributed by atoms with Gasteiger partial charge in [-0.2, -0.15) is 17.0 Å². The van der Waals surface area contributed by atoms with E-state index in [1.807, 2.05) is 18.2 Å². The first kappa shape index (κ1) is 16.2. The normalized spacial score (nSPS) is 22.7. The van der Waals surface area contributed by atoms with Gasteiger partial charge in [0.05, 0.1) is 0 Å². The van der Waals surface area contributed by atoms with Crippen LogP contribution in [0.5, 0.6) is 5.75 Å². The third kappa shape index (κ3) is 4.66. The maximum Gasteiger partial charge on any atom is 0.174 e. The van der Waals surface area contributed by atoms with Crippen molar-refractivity contribution in [1.82, 2.24) is 5.32 Å². The van der Waals surface area contributed by atoms with E-state index >= 15 is 0 Å². The lowest BCUT2D eigenvalue weighted by Gasteiger charge is -2.25. The highest BCUT2D eigenvalue weighted by atomic mass is 32.2. The van der Waals surface area contributed by atoms with Gasteiger partial charge in [0.15, 0.2) is 6.61 Å². The molecular weight excluding hydrogens is 280 g/mol. The fraction of sp³-hybridized carbons (Fsp3) is 0.588. The standard InChI is InChI=1S/C17H24N2OS/c1-3-21-17-6-4-5-16(17)19-13(2)14-7-9-15(10-8-14)20-12-11-18/h7-10,13,16-17,19H,3-6,12H2,1-2H3. The summed E-state index contributed by atoms with van der Waals surface area (Å²) in [6.07, 6.45) is 3.96. The van der Waals surface area contributed by atoms with E-state index in [9.17, 15) is 0 Å². The summed E-state index contributed by atoms with van der Waals surface area (Å²) < 4.78 is 5.29. The Labute approximate surface area is 132 Å². The van der Waals surface area contributed by atoms with Crippen molar-refractivity contribution >= 4 is 11.8 Å². The molecule has 4 heteroatoms. The second-order valence-electron chi connectivity index (χ2n) is 5.44. The summed E-state index contributed by atoms with van der Waals surface area (Å²) in [6.45, 7) is 4.56. The molecule has 1 aromatic rings. The summed E-state index contributed by atoms with van der Waals surface area (Å²) in [5, 5.41) is 13.0. The summed E-state index contributed by atoms with van der Waals surface area (Å²) in [5.41, 5.74) is 1.27. The van der Waals surface area contributed by atoms with Crippen LogP contribution in [-0.2, 0) is 0 Å². The summed E-state index contributed by atoms with van der Waals surface area (Å²) in [6, 6.07) is 11.0. The van der Waals surface area contributed by atoms with Crippen LogP contribution in [0.2, 0.25) is 0 Å². The van der Waals surface area contributed by atoms with Gasteiger partial charge in [-0.25, -0.2) is 0 Å². The average molecular weight is 304 g/mol. The van der Waals surface area contributed by atoms with Crippen molar-refractivity contribution in [3.05, 3.63) is 29.8 Å². The van der Waals surface area contributed by atoms with Crippen LogP contribution >= 0.6 is 11.8 Å². The predicted molar refractivity (Wildman–Crippen MR) is 88.7 cm³/mol. The number of nitriles is 1. The number of ether oxygens (including phenoxy) is 1. The van der Waals surface area contributed by atoms with E-state index in [4.69, 9.17) is 10.00 Å². The van der Waals surface area contributed by atoms with Gasteiger partial charge in [0, 0.05) is 17.3 Å². The van der Waals surface area contributed by atoms with Gasteiger partial charge < -0.3 is 10.1 Å². The van der Waals surface area contributed by atoms with Gasteiger partial charge in [0.2, 0.25) is 0 Å². The van der Waals surface area contributed by atoms with Gasteiger partial charge in [-0.3, -0.25) is 0 Å². The lowest BCUT2D eigenvalue weighted by Crippen LogP contribution is -2.36. The second-order valence-corrected chi connectivity index (χ2v) is 6.95. The van der Waals surface area contributed by atoms with E-state index < -0.39 is 0 Å². The number of rotatable bonds is 7. The Kier molecular flexibility index (Phi) is 6.41. The van der Waals surface area contributed by atoms with Crippen molar-refractivity contribution in [1.29, 1.82) is 5.26 Å². The summed E-state index contributed by atoms with van der Waals surface area (Å²) >= 11 is 2.08. The first-order valence-corrected chi connectivity index (χ1v) is 8.76. The molecule has 1 N–H and O–H groups in total. The zero-order valence-electron chi connectivity index (χ0n) is 12.8. The molecule has 1 aliphatic carbocycles. The minimum absolute atomic E-state index is 0.102. The highest BCUT2D eigenvalue weighted by molar-refractivity contribution is 7.99. The molecule has 21 heavy (non-hydrogen) atoms. The fourth-order valence-corrected chi connectivity index (χ4v) is 4.12. The molecule has 3 nitrogen and oxygen atoms in total. The van der Waals surface area contributed by atoms with Gasteiger partial charge in [-0.15, -0.1) is 0 Å². The number of nitrogens with zero attached hydrogens (tertiary/aromatic N) is 1. The van der Waals surface area contributed by atoms with Crippen molar-refractivity contribution in [2.24, 2.45) is 0 Å². The number of hydrogen-bond acceptors (Lipinski definition) is 4. The van der Waals surface area contributed by atoms with E-state index in [1.54, 1.807) is 0 Å². The molecule has 0 bridgehead atoms. The Morgan fingerprint density at radius 3 is 2.81 bits per heavy atom. The van der Waals surface area contributed by atoms with Gasteiger partial charge in [-0.05, 0) is 43.2 Å². The zero-order chi connectivity index (χ0) is 15.1. The number of nitrogens with one attached hydrogen (secondary N) is 1. The maximum absolute atomic E-state index is 8.51. The minimum Gasteiger partial charge on any atom is -0.479 e. The molecule has 0 amide bonds. The molecular formula is C17H24N2OS. The third-order valence-electron chi connectivity index (χ3n) is 3.98. The van der Waals surface area contributed by atoms with Crippen molar-refractivity contribution in [2.45, 2.75) is 50.4 Å². The van der Waals surface area contributed by atoms with E-state index in [0.29, 0.717) is 12.1 Å². The van der Waals surface area contributed by atoms with Gasteiger partial charge in [-0.1, -0.05) is 25.5 Å². The molecule has 3 unspecified atom stereocenters. The van der Waals surface area contributed by atoms with Crippen LogP contribution in [0.4, 0.5) is 0 Å². The third-order valence-corrected chi connectivity index (χ3v) is 5.31. The molecule has 1 fully saturated rings. The van der Waals surface area contributed by atoms with E-state index in [2.05, 4.69) is 43.1 Å². The molecule has 1 aliphatic rings. The van der Waals surface area contributed by atoms with Gasteiger partial charge >= 0.3 is 0 Å². The highest BCUT2D eigenvalue weighted by Crippen LogP contribution is 2.31. The summed E-state index contributed by atoms with van der Waals surface area (Å²) in [7, 11) is 0. The minimum atomic E-state index is 0.102. The van der Waals surface area contributed by atoms with Crippen LogP contribution in [0.25, 0.3) is 0 Å². The predicted octanol–water partition coefficient (Wildman–Crippen LogP) is 3.91. The van der Waals surface area contributed by atoms with Crippen LogP contribution in [0, 0.1) is 11.3 Å². The Morgan fingerprint density at radius 1 is 1.38 bits per heavy atom. The highest BCUT2D eigenvalue weighted by Gasteiger charge is 2.28. The summed E-state index contributed by atoms with van der Waals surface area (Å²) in [4.78, 5) is 0. The SMILES string of the molecule is CCSC1CCCC1NC(C)c1ccc(OCC#N)cc1. The summed E-state index contributed by atoms with van der Waals surface area (Å²) in [5.74, 6) is 1.95. The van der Waals surface area contributed by atoms with Crippen molar-refractivity contribution in [3.63, 3.8) is 0 Å². The topological polar surface area (TPSA) is 45.0 Å².